The molecule has 1 unspecified atom stereocenters. The second-order valence-corrected chi connectivity index (χ2v) is 6.08. The summed E-state index contributed by atoms with van der Waals surface area (Å²) in [5.41, 5.74) is 1.49. The van der Waals surface area contributed by atoms with Gasteiger partial charge in [0.1, 0.15) is 17.2 Å². The lowest BCUT2D eigenvalue weighted by Crippen LogP contribution is -2.28. The molecule has 0 fully saturated rings. The second-order valence-electron chi connectivity index (χ2n) is 6.08. The van der Waals surface area contributed by atoms with Gasteiger partial charge in [0.05, 0.1) is 31.7 Å². The number of nitrogens with one attached hydrogen (secondary N) is 1. The minimum absolute atomic E-state index is 0.0535. The topological polar surface area (TPSA) is 77.6 Å². The summed E-state index contributed by atoms with van der Waals surface area (Å²) in [5.74, 6) is 0.658. The molecule has 3 aromatic rings. The third-order valence-electron chi connectivity index (χ3n) is 4.66. The number of hydrogen-bond acceptors (Lipinski definition) is 5. The van der Waals surface area contributed by atoms with Crippen molar-refractivity contribution < 1.29 is 19.0 Å². The van der Waals surface area contributed by atoms with E-state index in [9.17, 15) is 9.59 Å². The fraction of sp³-hybridized carbons (Fsp3) is 0.200. The van der Waals surface area contributed by atoms with Crippen molar-refractivity contribution in [1.82, 2.24) is 4.98 Å². The van der Waals surface area contributed by atoms with E-state index in [0.717, 1.165) is 0 Å². The quantitative estimate of drug-likeness (QED) is 0.734. The van der Waals surface area contributed by atoms with Crippen LogP contribution in [0.2, 0.25) is 0 Å². The number of carbonyl (C=O) groups excluding carboxylic acids is 1. The molecule has 0 amide bonds. The van der Waals surface area contributed by atoms with Gasteiger partial charge in [-0.3, -0.25) is 9.59 Å². The zero-order chi connectivity index (χ0) is 18.3. The van der Waals surface area contributed by atoms with Crippen molar-refractivity contribution in [3.63, 3.8) is 0 Å². The van der Waals surface area contributed by atoms with E-state index in [4.69, 9.17) is 14.2 Å². The summed E-state index contributed by atoms with van der Waals surface area (Å²) in [4.78, 5) is 28.0. The number of benzene rings is 2. The first kappa shape index (κ1) is 16.2. The molecule has 0 bridgehead atoms. The van der Waals surface area contributed by atoms with E-state index in [-0.39, 0.29) is 17.9 Å². The van der Waals surface area contributed by atoms with E-state index in [1.165, 1.54) is 0 Å². The SMILES string of the molecule is COc1ccc(OC)c(C2CC(=O)Oc3c2c(=O)[nH]c2ccccc32)c1. The zero-order valence-corrected chi connectivity index (χ0v) is 14.4. The summed E-state index contributed by atoms with van der Waals surface area (Å²) in [7, 11) is 3.12. The predicted molar refractivity (Wildman–Crippen MR) is 96.2 cm³/mol. The molecule has 1 aliphatic rings. The van der Waals surface area contributed by atoms with Crippen LogP contribution in [-0.2, 0) is 4.79 Å². The highest BCUT2D eigenvalue weighted by Gasteiger charge is 2.34. The summed E-state index contributed by atoms with van der Waals surface area (Å²) in [6.45, 7) is 0. The lowest BCUT2D eigenvalue weighted by Gasteiger charge is -2.26. The number of aromatic amines is 1. The Morgan fingerprint density at radius 1 is 1.08 bits per heavy atom. The van der Waals surface area contributed by atoms with E-state index in [2.05, 4.69) is 4.98 Å². The molecule has 0 aliphatic carbocycles. The molecule has 1 atom stereocenters. The average molecular weight is 351 g/mol. The molecule has 4 rings (SSSR count). The van der Waals surface area contributed by atoms with Crippen LogP contribution in [0, 0.1) is 0 Å². The summed E-state index contributed by atoms with van der Waals surface area (Å²) in [5, 5.41) is 0.696. The first-order valence-corrected chi connectivity index (χ1v) is 8.20. The normalized spacial score (nSPS) is 16.1. The van der Waals surface area contributed by atoms with Crippen LogP contribution in [0.1, 0.15) is 23.5 Å². The number of hydrogen-bond donors (Lipinski definition) is 1. The van der Waals surface area contributed by atoms with Crippen molar-refractivity contribution in [3.05, 3.63) is 63.9 Å². The molecule has 1 aliphatic heterocycles. The molecule has 0 radical (unpaired) electrons. The number of esters is 1. The highest BCUT2D eigenvalue weighted by Crippen LogP contribution is 2.43. The van der Waals surface area contributed by atoms with Gasteiger partial charge in [-0.1, -0.05) is 12.1 Å². The molecule has 2 heterocycles. The number of aromatic nitrogens is 1. The number of ether oxygens (including phenoxy) is 3. The standard InChI is InChI=1S/C20H17NO5/c1-24-11-7-8-16(25-2)13(9-11)14-10-17(22)26-19-12-5-3-4-6-15(12)21-20(23)18(14)19/h3-9,14H,10H2,1-2H3,(H,21,23). The number of fused-ring (bicyclic) bond motifs is 3. The van der Waals surface area contributed by atoms with Gasteiger partial charge in [0.2, 0.25) is 0 Å². The van der Waals surface area contributed by atoms with Gasteiger partial charge < -0.3 is 19.2 Å². The fourth-order valence-electron chi connectivity index (χ4n) is 3.46. The van der Waals surface area contributed by atoms with E-state index in [0.29, 0.717) is 39.3 Å². The third kappa shape index (κ3) is 2.50. The van der Waals surface area contributed by atoms with Crippen LogP contribution in [-0.4, -0.2) is 25.2 Å². The van der Waals surface area contributed by atoms with Crippen molar-refractivity contribution in [2.24, 2.45) is 0 Å². The average Bonchev–Trinajstić information content (AvgIpc) is 2.66. The van der Waals surface area contributed by atoms with Gasteiger partial charge in [-0.15, -0.1) is 0 Å². The van der Waals surface area contributed by atoms with E-state index < -0.39 is 5.92 Å². The molecule has 26 heavy (non-hydrogen) atoms. The Labute approximate surface area is 149 Å². The predicted octanol–water partition coefficient (Wildman–Crippen LogP) is 2.99. The molecule has 6 nitrogen and oxygen atoms in total. The maximum Gasteiger partial charge on any atom is 0.312 e. The summed E-state index contributed by atoms with van der Waals surface area (Å²) >= 11 is 0. The van der Waals surface area contributed by atoms with Crippen LogP contribution in [0.3, 0.4) is 0 Å². The van der Waals surface area contributed by atoms with Crippen molar-refractivity contribution in [2.75, 3.05) is 14.2 Å². The molecule has 2 aromatic carbocycles. The lowest BCUT2D eigenvalue weighted by molar-refractivity contribution is -0.135. The number of H-pyrrole nitrogens is 1. The van der Waals surface area contributed by atoms with Gasteiger partial charge in [0.15, 0.2) is 0 Å². The lowest BCUT2D eigenvalue weighted by atomic mass is 9.85. The Morgan fingerprint density at radius 3 is 2.65 bits per heavy atom. The van der Waals surface area contributed by atoms with Crippen molar-refractivity contribution in [3.8, 4) is 17.2 Å². The van der Waals surface area contributed by atoms with Gasteiger partial charge in [-0.05, 0) is 30.3 Å². The molecular formula is C20H17NO5. The Morgan fingerprint density at radius 2 is 1.88 bits per heavy atom. The Kier molecular flexibility index (Phi) is 3.88. The largest absolute Gasteiger partial charge is 0.497 e. The molecule has 0 saturated heterocycles. The van der Waals surface area contributed by atoms with Gasteiger partial charge in [-0.25, -0.2) is 0 Å². The molecule has 1 N–H and O–H groups in total. The molecule has 0 spiro atoms. The van der Waals surface area contributed by atoms with Crippen LogP contribution in [0.25, 0.3) is 10.9 Å². The number of methoxy groups -OCH3 is 2. The Bertz CT molecular complexity index is 1070. The van der Waals surface area contributed by atoms with Gasteiger partial charge >= 0.3 is 5.97 Å². The number of pyridine rings is 1. The van der Waals surface area contributed by atoms with Crippen LogP contribution in [0.15, 0.2) is 47.3 Å². The first-order valence-electron chi connectivity index (χ1n) is 8.20. The minimum atomic E-state index is -0.482. The van der Waals surface area contributed by atoms with Gasteiger partial charge in [0.25, 0.3) is 5.56 Å². The van der Waals surface area contributed by atoms with E-state index in [1.807, 2.05) is 18.2 Å². The van der Waals surface area contributed by atoms with Crippen LogP contribution >= 0.6 is 0 Å². The van der Waals surface area contributed by atoms with Crippen LogP contribution in [0.4, 0.5) is 0 Å². The maximum absolute atomic E-state index is 12.8. The summed E-state index contributed by atoms with van der Waals surface area (Å²) < 4.78 is 16.2. The maximum atomic E-state index is 12.8. The molecule has 1 aromatic heterocycles. The van der Waals surface area contributed by atoms with E-state index in [1.54, 1.807) is 38.5 Å². The molecule has 132 valence electrons. The second kappa shape index (κ2) is 6.22. The van der Waals surface area contributed by atoms with Crippen LogP contribution in [0.5, 0.6) is 17.2 Å². The number of carbonyl (C=O) groups is 1. The van der Waals surface area contributed by atoms with Gasteiger partial charge in [0, 0.05) is 16.9 Å². The highest BCUT2D eigenvalue weighted by molar-refractivity contribution is 5.91. The molecule has 6 heteroatoms. The Hall–Kier alpha value is -3.28. The van der Waals surface area contributed by atoms with Crippen molar-refractivity contribution >= 4 is 16.9 Å². The fourth-order valence-corrected chi connectivity index (χ4v) is 3.46. The van der Waals surface area contributed by atoms with Crippen molar-refractivity contribution in [2.45, 2.75) is 12.3 Å². The summed E-state index contributed by atoms with van der Waals surface area (Å²) in [6, 6.07) is 12.6. The van der Waals surface area contributed by atoms with Crippen LogP contribution < -0.4 is 19.8 Å². The third-order valence-corrected chi connectivity index (χ3v) is 4.66. The number of rotatable bonds is 3. The highest BCUT2D eigenvalue weighted by atomic mass is 16.5. The first-order chi connectivity index (χ1) is 12.6. The minimum Gasteiger partial charge on any atom is -0.497 e. The molecule has 0 saturated carbocycles. The van der Waals surface area contributed by atoms with Crippen molar-refractivity contribution in [1.29, 1.82) is 0 Å². The smallest absolute Gasteiger partial charge is 0.312 e. The van der Waals surface area contributed by atoms with E-state index >= 15 is 0 Å². The molecular weight excluding hydrogens is 334 g/mol. The zero-order valence-electron chi connectivity index (χ0n) is 14.4. The monoisotopic (exact) mass is 351 g/mol. The Balaban J connectivity index is 2.01. The number of para-hydroxylation sites is 1. The summed E-state index contributed by atoms with van der Waals surface area (Å²) in [6.07, 6.45) is 0.0535. The van der Waals surface area contributed by atoms with Gasteiger partial charge in [-0.2, -0.15) is 0 Å².